The summed E-state index contributed by atoms with van der Waals surface area (Å²) >= 11 is 0. The van der Waals surface area contributed by atoms with Gasteiger partial charge in [0, 0.05) is 12.3 Å². The summed E-state index contributed by atoms with van der Waals surface area (Å²) in [5.74, 6) is -1.24. The van der Waals surface area contributed by atoms with E-state index in [2.05, 4.69) is 27.8 Å². The van der Waals surface area contributed by atoms with Gasteiger partial charge >= 0.3 is 12.1 Å². The monoisotopic (exact) mass is 621 g/mol. The average molecular weight is 622 g/mol. The van der Waals surface area contributed by atoms with Crippen LogP contribution in [0.25, 0.3) is 11.1 Å². The van der Waals surface area contributed by atoms with E-state index in [4.69, 9.17) is 9.84 Å². The summed E-state index contributed by atoms with van der Waals surface area (Å²) in [4.78, 5) is 26.9. The molecule has 232 valence electrons. The number of carboxylic acids is 1. The molecule has 0 fully saturated rings. The van der Waals surface area contributed by atoms with Crippen molar-refractivity contribution in [3.05, 3.63) is 173 Å². The molecule has 1 amide bonds. The molecule has 9 nitrogen and oxygen atoms in total. The van der Waals surface area contributed by atoms with Crippen LogP contribution in [0.2, 0.25) is 0 Å². The van der Waals surface area contributed by atoms with Gasteiger partial charge in [0.05, 0.1) is 0 Å². The molecule has 1 heterocycles. The number of hydrogen-bond acceptors (Lipinski definition) is 6. The van der Waals surface area contributed by atoms with Gasteiger partial charge in [0.25, 0.3) is 0 Å². The number of ether oxygens (including phenoxy) is 1. The highest BCUT2D eigenvalue weighted by Gasteiger charge is 2.41. The molecule has 0 saturated heterocycles. The molecule has 1 aliphatic rings. The molecule has 5 aromatic carbocycles. The maximum absolute atomic E-state index is 13.0. The number of carboxylic acid groups (broad SMARTS) is 1. The van der Waals surface area contributed by atoms with Crippen LogP contribution in [-0.4, -0.2) is 50.0 Å². The Bertz CT molecular complexity index is 1870. The number of nitrogens with zero attached hydrogens (tertiary/aromatic N) is 4. The summed E-state index contributed by atoms with van der Waals surface area (Å²) in [6.45, 7) is 0.0639. The van der Waals surface area contributed by atoms with E-state index in [0.717, 1.165) is 38.9 Å². The van der Waals surface area contributed by atoms with Gasteiger partial charge in [-0.25, -0.2) is 9.59 Å². The third kappa shape index (κ3) is 5.52. The normalized spacial score (nSPS) is 12.9. The van der Waals surface area contributed by atoms with Gasteiger partial charge in [-0.2, -0.15) is 0 Å². The van der Waals surface area contributed by atoms with Crippen LogP contribution in [0.5, 0.6) is 0 Å². The molecule has 0 aliphatic heterocycles. The Morgan fingerprint density at radius 2 is 1.19 bits per heavy atom. The lowest BCUT2D eigenvalue weighted by atomic mass is 9.77. The number of fused-ring (bicyclic) bond motifs is 3. The quantitative estimate of drug-likeness (QED) is 0.179. The minimum Gasteiger partial charge on any atom is -0.480 e. The molecular formula is C38H31N5O4. The molecule has 1 aromatic heterocycles. The number of aromatic nitrogens is 4. The van der Waals surface area contributed by atoms with Gasteiger partial charge in [-0.3, -0.25) is 0 Å². The Morgan fingerprint density at radius 3 is 1.68 bits per heavy atom. The summed E-state index contributed by atoms with van der Waals surface area (Å²) < 4.78 is 5.62. The van der Waals surface area contributed by atoms with Crippen molar-refractivity contribution in [2.45, 2.75) is 23.9 Å². The van der Waals surface area contributed by atoms with Crippen molar-refractivity contribution >= 4 is 12.1 Å². The fraction of sp³-hybridized carbons (Fsp3) is 0.132. The number of hydrogen-bond donors (Lipinski definition) is 2. The van der Waals surface area contributed by atoms with Crippen LogP contribution >= 0.6 is 0 Å². The maximum atomic E-state index is 13.0. The molecule has 6 aromatic rings. The van der Waals surface area contributed by atoms with Crippen LogP contribution < -0.4 is 5.32 Å². The zero-order chi connectivity index (χ0) is 32.2. The highest BCUT2D eigenvalue weighted by molar-refractivity contribution is 5.81. The molecule has 47 heavy (non-hydrogen) atoms. The summed E-state index contributed by atoms with van der Waals surface area (Å²) in [7, 11) is 0. The predicted octanol–water partition coefficient (Wildman–Crippen LogP) is 6.05. The third-order valence-electron chi connectivity index (χ3n) is 8.65. The SMILES string of the molecule is O=C(N[C@H](Cc1nnn(C(c2ccccc2)(c2ccccc2)c2ccccc2)n1)C(=O)O)OCC1c2ccccc2-c2ccccc21. The van der Waals surface area contributed by atoms with Gasteiger partial charge in [0.1, 0.15) is 12.6 Å². The molecular weight excluding hydrogens is 590 g/mol. The summed E-state index contributed by atoms with van der Waals surface area (Å²) in [5.41, 5.74) is 6.02. The second-order valence-electron chi connectivity index (χ2n) is 11.4. The second kappa shape index (κ2) is 12.7. The van der Waals surface area contributed by atoms with Crippen molar-refractivity contribution in [3.8, 4) is 11.1 Å². The van der Waals surface area contributed by atoms with Gasteiger partial charge < -0.3 is 15.2 Å². The molecule has 0 radical (unpaired) electrons. The Hall–Kier alpha value is -6.09. The molecule has 0 saturated carbocycles. The first-order valence-corrected chi connectivity index (χ1v) is 15.4. The van der Waals surface area contributed by atoms with E-state index in [1.54, 1.807) is 0 Å². The zero-order valence-corrected chi connectivity index (χ0v) is 25.3. The van der Waals surface area contributed by atoms with E-state index in [1.165, 1.54) is 4.80 Å². The van der Waals surface area contributed by atoms with E-state index in [1.807, 2.05) is 127 Å². The van der Waals surface area contributed by atoms with Crippen LogP contribution in [0.4, 0.5) is 4.79 Å². The van der Waals surface area contributed by atoms with Crippen molar-refractivity contribution in [2.75, 3.05) is 6.61 Å². The lowest BCUT2D eigenvalue weighted by Crippen LogP contribution is -2.43. The van der Waals surface area contributed by atoms with Crippen molar-refractivity contribution in [1.82, 2.24) is 25.5 Å². The topological polar surface area (TPSA) is 119 Å². The molecule has 7 rings (SSSR count). The number of amides is 1. The first-order chi connectivity index (χ1) is 23.1. The maximum Gasteiger partial charge on any atom is 0.407 e. The molecule has 0 bridgehead atoms. The molecule has 0 unspecified atom stereocenters. The van der Waals surface area contributed by atoms with Gasteiger partial charge in [-0.1, -0.05) is 140 Å². The molecule has 2 N–H and O–H groups in total. The average Bonchev–Trinajstić information content (AvgIpc) is 3.71. The molecule has 1 aliphatic carbocycles. The second-order valence-corrected chi connectivity index (χ2v) is 11.4. The predicted molar refractivity (Wildman–Crippen MR) is 176 cm³/mol. The fourth-order valence-electron chi connectivity index (χ4n) is 6.52. The fourth-order valence-corrected chi connectivity index (χ4v) is 6.52. The van der Waals surface area contributed by atoms with Crippen LogP contribution in [-0.2, 0) is 21.5 Å². The van der Waals surface area contributed by atoms with Gasteiger partial charge in [-0.05, 0) is 44.2 Å². The van der Waals surface area contributed by atoms with Crippen LogP contribution in [0.1, 0.15) is 39.6 Å². The number of aliphatic carboxylic acids is 1. The summed E-state index contributed by atoms with van der Waals surface area (Å²) in [6, 6.07) is 44.2. The van der Waals surface area contributed by atoms with E-state index in [9.17, 15) is 14.7 Å². The Labute approximate surface area is 271 Å². The van der Waals surface area contributed by atoms with Gasteiger partial charge in [0.2, 0.25) is 0 Å². The largest absolute Gasteiger partial charge is 0.480 e. The number of rotatable bonds is 10. The highest BCUT2D eigenvalue weighted by atomic mass is 16.5. The van der Waals surface area contributed by atoms with Crippen LogP contribution in [0, 0.1) is 0 Å². The Kier molecular flexibility index (Phi) is 8.02. The molecule has 1 atom stereocenters. The third-order valence-corrected chi connectivity index (χ3v) is 8.65. The number of benzene rings is 5. The lowest BCUT2D eigenvalue weighted by molar-refractivity contribution is -0.139. The van der Waals surface area contributed by atoms with Crippen molar-refractivity contribution < 1.29 is 19.4 Å². The standard InChI is InChI=1S/C38H31N5O4/c44-36(45)34(39-37(46)47-25-33-31-22-12-10-20-29(31)30-21-11-13-23-32(30)33)24-35-40-42-43(41-35)38(26-14-4-1-5-15-26,27-16-6-2-7-17-27)28-18-8-3-9-19-28/h1-23,33-34H,24-25H2,(H,39,46)(H,44,45)/t34-/m1/s1. The smallest absolute Gasteiger partial charge is 0.407 e. The van der Waals surface area contributed by atoms with Crippen molar-refractivity contribution in [3.63, 3.8) is 0 Å². The highest BCUT2D eigenvalue weighted by Crippen LogP contribution is 2.44. The van der Waals surface area contributed by atoms with Gasteiger partial charge in [0.15, 0.2) is 11.4 Å². The van der Waals surface area contributed by atoms with E-state index in [-0.39, 0.29) is 24.8 Å². The minimum atomic E-state index is -1.34. The lowest BCUT2D eigenvalue weighted by Gasteiger charge is -2.34. The van der Waals surface area contributed by atoms with Gasteiger partial charge in [-0.15, -0.1) is 15.0 Å². The molecule has 9 heteroatoms. The summed E-state index contributed by atoms with van der Waals surface area (Å²) in [5, 5.41) is 26.1. The first-order valence-electron chi connectivity index (χ1n) is 15.4. The number of alkyl carbamates (subject to hydrolysis) is 1. The number of carbonyl (C=O) groups excluding carboxylic acids is 1. The Balaban J connectivity index is 1.14. The van der Waals surface area contributed by atoms with E-state index < -0.39 is 23.6 Å². The van der Waals surface area contributed by atoms with Crippen molar-refractivity contribution in [1.29, 1.82) is 0 Å². The van der Waals surface area contributed by atoms with Crippen LogP contribution in [0.3, 0.4) is 0 Å². The number of carbonyl (C=O) groups is 2. The van der Waals surface area contributed by atoms with Crippen LogP contribution in [0.15, 0.2) is 140 Å². The van der Waals surface area contributed by atoms with Crippen molar-refractivity contribution in [2.24, 2.45) is 0 Å². The minimum absolute atomic E-state index is 0.0639. The first kappa shape index (κ1) is 29.6. The van der Waals surface area contributed by atoms with E-state index >= 15 is 0 Å². The number of tetrazole rings is 1. The molecule has 0 spiro atoms. The zero-order valence-electron chi connectivity index (χ0n) is 25.3. The Morgan fingerprint density at radius 1 is 0.723 bits per heavy atom. The summed E-state index contributed by atoms with van der Waals surface area (Å²) in [6.07, 6.45) is -1.03. The number of nitrogens with one attached hydrogen (secondary N) is 1. The van der Waals surface area contributed by atoms with E-state index in [0.29, 0.717) is 0 Å².